The number of halogens is 1. The van der Waals surface area contributed by atoms with Gasteiger partial charge in [0.1, 0.15) is 0 Å². The minimum atomic E-state index is -0.564. The zero-order valence-corrected chi connectivity index (χ0v) is 11.5. The molecule has 21 heavy (non-hydrogen) atoms. The first-order valence-electron chi connectivity index (χ1n) is 6.13. The Kier molecular flexibility index (Phi) is 3.75. The van der Waals surface area contributed by atoms with Crippen LogP contribution in [0.1, 0.15) is 16.4 Å². The van der Waals surface area contributed by atoms with Crippen LogP contribution in [0.5, 0.6) is 0 Å². The second-order valence-corrected chi connectivity index (χ2v) is 4.62. The minimum absolute atomic E-state index is 0.0624. The molecule has 0 atom stereocenters. The first-order valence-corrected chi connectivity index (χ1v) is 6.51. The standard InChI is InChI=1S/C15H10ClNO4/c16-11-5-3-10(4-6-11)13-8-17-14(21-13)9-20-15(18)12-2-1-7-19-12/h1-8H,9H2. The molecule has 3 aromatic rings. The van der Waals surface area contributed by atoms with Crippen LogP contribution >= 0.6 is 11.6 Å². The summed E-state index contributed by atoms with van der Waals surface area (Å²) in [6.45, 7) is -0.0624. The maximum absolute atomic E-state index is 11.6. The van der Waals surface area contributed by atoms with E-state index in [0.717, 1.165) is 5.56 Å². The van der Waals surface area contributed by atoms with E-state index in [9.17, 15) is 4.79 Å². The zero-order valence-electron chi connectivity index (χ0n) is 10.8. The number of carbonyl (C=O) groups is 1. The van der Waals surface area contributed by atoms with Gasteiger partial charge in [-0.2, -0.15) is 0 Å². The fourth-order valence-electron chi connectivity index (χ4n) is 1.72. The number of hydrogen-bond acceptors (Lipinski definition) is 5. The highest BCUT2D eigenvalue weighted by molar-refractivity contribution is 6.30. The first kappa shape index (κ1) is 13.5. The molecule has 0 fully saturated rings. The van der Waals surface area contributed by atoms with Gasteiger partial charge in [-0.25, -0.2) is 9.78 Å². The quantitative estimate of drug-likeness (QED) is 0.683. The summed E-state index contributed by atoms with van der Waals surface area (Å²) in [5.74, 6) is 0.460. The number of oxazole rings is 1. The third kappa shape index (κ3) is 3.14. The average Bonchev–Trinajstić information content (AvgIpc) is 3.17. The number of esters is 1. The normalized spacial score (nSPS) is 10.5. The molecule has 6 heteroatoms. The van der Waals surface area contributed by atoms with Crippen LogP contribution in [0, 0.1) is 0 Å². The summed E-state index contributed by atoms with van der Waals surface area (Å²) in [6, 6.07) is 10.3. The Morgan fingerprint density at radius 2 is 2.05 bits per heavy atom. The van der Waals surface area contributed by atoms with Crippen molar-refractivity contribution in [1.82, 2.24) is 4.98 Å². The molecule has 0 aliphatic heterocycles. The molecule has 0 unspecified atom stereocenters. The van der Waals surface area contributed by atoms with Crippen LogP contribution in [0.4, 0.5) is 0 Å². The van der Waals surface area contributed by atoms with Crippen LogP contribution in [0.25, 0.3) is 11.3 Å². The van der Waals surface area contributed by atoms with Crippen molar-refractivity contribution in [3.8, 4) is 11.3 Å². The number of hydrogen-bond donors (Lipinski definition) is 0. The van der Waals surface area contributed by atoms with E-state index >= 15 is 0 Å². The van der Waals surface area contributed by atoms with E-state index in [2.05, 4.69) is 4.98 Å². The van der Waals surface area contributed by atoms with Crippen LogP contribution in [-0.4, -0.2) is 11.0 Å². The van der Waals surface area contributed by atoms with Crippen LogP contribution in [0.3, 0.4) is 0 Å². The van der Waals surface area contributed by atoms with Gasteiger partial charge in [0.05, 0.1) is 12.5 Å². The van der Waals surface area contributed by atoms with Crippen molar-refractivity contribution in [3.05, 3.63) is 65.5 Å². The summed E-state index contributed by atoms with van der Waals surface area (Å²) in [6.07, 6.45) is 2.97. The van der Waals surface area contributed by atoms with Gasteiger partial charge in [0, 0.05) is 10.6 Å². The molecule has 0 saturated carbocycles. The Morgan fingerprint density at radius 1 is 1.24 bits per heavy atom. The molecule has 0 amide bonds. The van der Waals surface area contributed by atoms with E-state index in [1.165, 1.54) is 12.3 Å². The smallest absolute Gasteiger partial charge is 0.374 e. The molecule has 2 heterocycles. The summed E-state index contributed by atoms with van der Waals surface area (Å²) in [5, 5.41) is 0.644. The fraction of sp³-hybridized carbons (Fsp3) is 0.0667. The Labute approximate surface area is 125 Å². The van der Waals surface area contributed by atoms with Gasteiger partial charge >= 0.3 is 5.97 Å². The Bertz CT molecular complexity index is 731. The molecular formula is C15H10ClNO4. The Morgan fingerprint density at radius 3 is 2.76 bits per heavy atom. The van der Waals surface area contributed by atoms with Gasteiger partial charge in [0.15, 0.2) is 12.4 Å². The highest BCUT2D eigenvalue weighted by Crippen LogP contribution is 2.22. The van der Waals surface area contributed by atoms with Crippen molar-refractivity contribution in [2.45, 2.75) is 6.61 Å². The van der Waals surface area contributed by atoms with Crippen LogP contribution in [0.15, 0.2) is 57.7 Å². The summed E-state index contributed by atoms with van der Waals surface area (Å²) < 4.78 is 15.5. The lowest BCUT2D eigenvalue weighted by Gasteiger charge is -1.99. The molecule has 0 bridgehead atoms. The van der Waals surface area contributed by atoms with Gasteiger partial charge in [-0.15, -0.1) is 0 Å². The summed E-state index contributed by atoms with van der Waals surface area (Å²) in [4.78, 5) is 15.7. The molecule has 3 rings (SSSR count). The molecule has 0 spiro atoms. The monoisotopic (exact) mass is 303 g/mol. The number of nitrogens with zero attached hydrogens (tertiary/aromatic N) is 1. The Hall–Kier alpha value is -2.53. The van der Waals surface area contributed by atoms with Crippen LogP contribution in [-0.2, 0) is 11.3 Å². The largest absolute Gasteiger partial charge is 0.457 e. The van der Waals surface area contributed by atoms with Crippen molar-refractivity contribution in [2.24, 2.45) is 0 Å². The number of furan rings is 1. The summed E-state index contributed by atoms with van der Waals surface area (Å²) in [5.41, 5.74) is 0.843. The molecule has 0 N–H and O–H groups in total. The third-order valence-electron chi connectivity index (χ3n) is 2.73. The van der Waals surface area contributed by atoms with Gasteiger partial charge in [-0.3, -0.25) is 0 Å². The molecule has 2 aromatic heterocycles. The van der Waals surface area contributed by atoms with E-state index in [-0.39, 0.29) is 12.4 Å². The third-order valence-corrected chi connectivity index (χ3v) is 2.98. The average molecular weight is 304 g/mol. The van der Waals surface area contributed by atoms with Crippen LogP contribution < -0.4 is 0 Å². The maximum Gasteiger partial charge on any atom is 0.374 e. The van der Waals surface area contributed by atoms with E-state index < -0.39 is 5.97 Å². The first-order chi connectivity index (χ1) is 10.2. The molecule has 0 radical (unpaired) electrons. The number of aromatic nitrogens is 1. The second-order valence-electron chi connectivity index (χ2n) is 4.18. The number of benzene rings is 1. The minimum Gasteiger partial charge on any atom is -0.457 e. The van der Waals surface area contributed by atoms with Crippen molar-refractivity contribution in [2.75, 3.05) is 0 Å². The van der Waals surface area contributed by atoms with Crippen molar-refractivity contribution in [1.29, 1.82) is 0 Å². The number of rotatable bonds is 4. The molecule has 5 nitrogen and oxygen atoms in total. The van der Waals surface area contributed by atoms with Gasteiger partial charge in [-0.1, -0.05) is 11.6 Å². The lowest BCUT2D eigenvalue weighted by Crippen LogP contribution is -2.03. The van der Waals surface area contributed by atoms with Crippen LogP contribution in [0.2, 0.25) is 5.02 Å². The molecule has 0 aliphatic rings. The Balaban J connectivity index is 1.65. The second kappa shape index (κ2) is 5.85. The lowest BCUT2D eigenvalue weighted by molar-refractivity contribution is 0.0402. The molecule has 0 aliphatic carbocycles. The van der Waals surface area contributed by atoms with Crippen molar-refractivity contribution < 1.29 is 18.4 Å². The number of carbonyl (C=O) groups excluding carboxylic acids is 1. The summed E-state index contributed by atoms with van der Waals surface area (Å²) >= 11 is 5.83. The van der Waals surface area contributed by atoms with E-state index in [4.69, 9.17) is 25.2 Å². The fourth-order valence-corrected chi connectivity index (χ4v) is 1.84. The number of ether oxygens (including phenoxy) is 1. The van der Waals surface area contributed by atoms with Gasteiger partial charge < -0.3 is 13.6 Å². The van der Waals surface area contributed by atoms with Crippen molar-refractivity contribution in [3.63, 3.8) is 0 Å². The summed E-state index contributed by atoms with van der Waals surface area (Å²) in [7, 11) is 0. The van der Waals surface area contributed by atoms with Crippen molar-refractivity contribution >= 4 is 17.6 Å². The highest BCUT2D eigenvalue weighted by atomic mass is 35.5. The lowest BCUT2D eigenvalue weighted by atomic mass is 10.2. The SMILES string of the molecule is O=C(OCc1ncc(-c2ccc(Cl)cc2)o1)c1ccco1. The van der Waals surface area contributed by atoms with Gasteiger partial charge in [0.2, 0.25) is 11.7 Å². The molecule has 1 aromatic carbocycles. The van der Waals surface area contributed by atoms with Gasteiger partial charge in [0.25, 0.3) is 0 Å². The molecule has 0 saturated heterocycles. The maximum atomic E-state index is 11.6. The predicted molar refractivity (Wildman–Crippen MR) is 74.8 cm³/mol. The van der Waals surface area contributed by atoms with E-state index in [1.807, 2.05) is 12.1 Å². The topological polar surface area (TPSA) is 65.5 Å². The molecular weight excluding hydrogens is 294 g/mol. The van der Waals surface area contributed by atoms with E-state index in [1.54, 1.807) is 24.4 Å². The van der Waals surface area contributed by atoms with Gasteiger partial charge in [-0.05, 0) is 36.4 Å². The zero-order chi connectivity index (χ0) is 14.7. The predicted octanol–water partition coefficient (Wildman–Crippen LogP) is 3.95. The van der Waals surface area contributed by atoms with E-state index in [0.29, 0.717) is 16.7 Å². The highest BCUT2D eigenvalue weighted by Gasteiger charge is 2.13. The molecule has 106 valence electrons.